The number of aromatic nitrogens is 1. The van der Waals surface area contributed by atoms with Crippen LogP contribution in [0.15, 0.2) is 35.3 Å². The molecular formula is C18H19NO3. The van der Waals surface area contributed by atoms with Crippen LogP contribution >= 0.6 is 0 Å². The zero-order valence-corrected chi connectivity index (χ0v) is 12.6. The summed E-state index contributed by atoms with van der Waals surface area (Å²) in [5.74, 6) is -0.576. The lowest BCUT2D eigenvalue weighted by molar-refractivity contribution is 0.0524. The fourth-order valence-corrected chi connectivity index (χ4v) is 2.88. The van der Waals surface area contributed by atoms with Crippen molar-refractivity contribution in [1.29, 1.82) is 0 Å². The molecule has 1 aliphatic rings. The predicted molar refractivity (Wildman–Crippen MR) is 87.0 cm³/mol. The Hall–Kier alpha value is -2.36. The number of carbonyl (C=O) groups excluding carboxylic acids is 1. The maximum absolute atomic E-state index is 12.5. The maximum atomic E-state index is 12.5. The van der Waals surface area contributed by atoms with Crippen LogP contribution in [-0.4, -0.2) is 17.6 Å². The Kier molecular flexibility index (Phi) is 4.09. The average molecular weight is 297 g/mol. The molecule has 1 N–H and O–H groups in total. The fourth-order valence-electron chi connectivity index (χ4n) is 2.88. The Balaban J connectivity index is 2.10. The molecule has 4 heteroatoms. The van der Waals surface area contributed by atoms with Gasteiger partial charge in [0.25, 0.3) is 0 Å². The summed E-state index contributed by atoms with van der Waals surface area (Å²) in [7, 11) is 0. The van der Waals surface area contributed by atoms with Crippen LogP contribution in [0.1, 0.15) is 48.5 Å². The minimum absolute atomic E-state index is 0.0594. The molecule has 0 unspecified atom stereocenters. The lowest BCUT2D eigenvalue weighted by Crippen LogP contribution is -2.18. The summed E-state index contributed by atoms with van der Waals surface area (Å²) in [5.41, 5.74) is 2.88. The third-order valence-corrected chi connectivity index (χ3v) is 4.04. The van der Waals surface area contributed by atoms with Crippen LogP contribution < -0.4 is 5.43 Å². The number of H-pyrrole nitrogens is 1. The third kappa shape index (κ3) is 2.69. The summed E-state index contributed by atoms with van der Waals surface area (Å²) in [4.78, 5) is 27.4. The van der Waals surface area contributed by atoms with E-state index in [1.807, 2.05) is 18.2 Å². The van der Waals surface area contributed by atoms with Gasteiger partial charge in [-0.15, -0.1) is 0 Å². The monoisotopic (exact) mass is 297 g/mol. The molecule has 3 rings (SSSR count). The van der Waals surface area contributed by atoms with Gasteiger partial charge in [-0.2, -0.15) is 0 Å². The minimum atomic E-state index is -0.576. The van der Waals surface area contributed by atoms with Crippen molar-refractivity contribution in [3.05, 3.63) is 51.8 Å². The molecule has 114 valence electrons. The summed E-state index contributed by atoms with van der Waals surface area (Å²) in [6.45, 7) is 1.98. The Morgan fingerprint density at radius 1 is 1.32 bits per heavy atom. The molecular weight excluding hydrogens is 278 g/mol. The third-order valence-electron chi connectivity index (χ3n) is 4.04. The number of carbonyl (C=O) groups is 1. The van der Waals surface area contributed by atoms with Gasteiger partial charge in [0.2, 0.25) is 5.43 Å². The number of ether oxygens (including phenoxy) is 1. The number of esters is 1. The van der Waals surface area contributed by atoms with Crippen LogP contribution in [0.4, 0.5) is 0 Å². The van der Waals surface area contributed by atoms with Gasteiger partial charge in [0.05, 0.1) is 6.61 Å². The number of allylic oxidation sites excluding steroid dienone is 2. The van der Waals surface area contributed by atoms with Gasteiger partial charge in [0.1, 0.15) is 5.56 Å². The van der Waals surface area contributed by atoms with Crippen molar-refractivity contribution >= 4 is 22.4 Å². The molecule has 0 spiro atoms. The molecule has 2 aromatic rings. The van der Waals surface area contributed by atoms with E-state index < -0.39 is 5.97 Å². The summed E-state index contributed by atoms with van der Waals surface area (Å²) in [5, 5.41) is 0.537. The first-order valence-corrected chi connectivity index (χ1v) is 7.72. The fraction of sp³-hybridized carbons (Fsp3) is 0.333. The van der Waals surface area contributed by atoms with Crippen molar-refractivity contribution in [2.24, 2.45) is 0 Å². The second-order valence-corrected chi connectivity index (χ2v) is 5.49. The number of pyridine rings is 1. The van der Waals surface area contributed by atoms with Gasteiger partial charge in [-0.05, 0) is 55.9 Å². The van der Waals surface area contributed by atoms with E-state index >= 15 is 0 Å². The normalized spacial score (nSPS) is 14.7. The van der Waals surface area contributed by atoms with E-state index in [4.69, 9.17) is 4.74 Å². The predicted octanol–water partition coefficient (Wildman–Crippen LogP) is 3.66. The van der Waals surface area contributed by atoms with E-state index in [0.29, 0.717) is 5.39 Å². The standard InChI is InChI=1S/C18H19NO3/c1-2-22-18(21)15-11-19-16-9-8-13(10-14(16)17(15)20)12-6-4-3-5-7-12/h6,8-11H,2-5,7H2,1H3,(H,19,20). The molecule has 22 heavy (non-hydrogen) atoms. The molecule has 4 nitrogen and oxygen atoms in total. The molecule has 0 amide bonds. The summed E-state index contributed by atoms with van der Waals surface area (Å²) in [6.07, 6.45) is 8.22. The maximum Gasteiger partial charge on any atom is 0.343 e. The summed E-state index contributed by atoms with van der Waals surface area (Å²) >= 11 is 0. The highest BCUT2D eigenvalue weighted by Crippen LogP contribution is 2.27. The number of nitrogens with one attached hydrogen (secondary N) is 1. The SMILES string of the molecule is CCOC(=O)c1c[nH]c2ccc(C3=CCCCC3)cc2c1=O. The zero-order valence-electron chi connectivity index (χ0n) is 12.6. The largest absolute Gasteiger partial charge is 0.462 e. The van der Waals surface area contributed by atoms with E-state index in [2.05, 4.69) is 11.1 Å². The summed E-state index contributed by atoms with van der Waals surface area (Å²) < 4.78 is 4.93. The molecule has 0 saturated carbocycles. The van der Waals surface area contributed by atoms with Crippen LogP contribution in [0.2, 0.25) is 0 Å². The topological polar surface area (TPSA) is 59.2 Å². The molecule has 1 aromatic heterocycles. The second-order valence-electron chi connectivity index (χ2n) is 5.49. The van der Waals surface area contributed by atoms with Crippen molar-refractivity contribution in [2.75, 3.05) is 6.61 Å². The van der Waals surface area contributed by atoms with Crippen LogP contribution in [0, 0.1) is 0 Å². The molecule has 0 fully saturated rings. The number of hydrogen-bond acceptors (Lipinski definition) is 3. The number of benzene rings is 1. The van der Waals surface area contributed by atoms with Gasteiger partial charge in [-0.3, -0.25) is 4.79 Å². The van der Waals surface area contributed by atoms with E-state index in [-0.39, 0.29) is 17.6 Å². The molecule has 0 radical (unpaired) electrons. The van der Waals surface area contributed by atoms with Crippen molar-refractivity contribution in [1.82, 2.24) is 4.98 Å². The lowest BCUT2D eigenvalue weighted by atomic mass is 9.93. The highest BCUT2D eigenvalue weighted by atomic mass is 16.5. The highest BCUT2D eigenvalue weighted by molar-refractivity contribution is 5.94. The van der Waals surface area contributed by atoms with Crippen LogP contribution in [0.5, 0.6) is 0 Å². The molecule has 1 aromatic carbocycles. The first-order chi connectivity index (χ1) is 10.7. The number of fused-ring (bicyclic) bond motifs is 1. The van der Waals surface area contributed by atoms with Crippen molar-refractivity contribution in [3.8, 4) is 0 Å². The van der Waals surface area contributed by atoms with Crippen molar-refractivity contribution in [3.63, 3.8) is 0 Å². The molecule has 1 aliphatic carbocycles. The zero-order chi connectivity index (χ0) is 15.5. The van der Waals surface area contributed by atoms with Crippen LogP contribution in [0.3, 0.4) is 0 Å². The summed E-state index contributed by atoms with van der Waals surface area (Å²) in [6, 6.07) is 5.81. The van der Waals surface area contributed by atoms with Crippen LogP contribution in [-0.2, 0) is 4.74 Å². The van der Waals surface area contributed by atoms with Gasteiger partial charge in [0, 0.05) is 17.1 Å². The number of aromatic amines is 1. The minimum Gasteiger partial charge on any atom is -0.462 e. The number of hydrogen-bond donors (Lipinski definition) is 1. The van der Waals surface area contributed by atoms with Gasteiger partial charge in [-0.1, -0.05) is 12.1 Å². The highest BCUT2D eigenvalue weighted by Gasteiger charge is 2.15. The quantitative estimate of drug-likeness (QED) is 0.879. The van der Waals surface area contributed by atoms with Gasteiger partial charge < -0.3 is 9.72 Å². The van der Waals surface area contributed by atoms with Gasteiger partial charge in [0.15, 0.2) is 0 Å². The average Bonchev–Trinajstić information content (AvgIpc) is 2.56. The smallest absolute Gasteiger partial charge is 0.343 e. The Morgan fingerprint density at radius 2 is 2.18 bits per heavy atom. The van der Waals surface area contributed by atoms with Crippen LogP contribution in [0.25, 0.3) is 16.5 Å². The molecule has 0 atom stereocenters. The first kappa shape index (κ1) is 14.6. The second kappa shape index (κ2) is 6.18. The van der Waals surface area contributed by atoms with Crippen molar-refractivity contribution in [2.45, 2.75) is 32.6 Å². The first-order valence-electron chi connectivity index (χ1n) is 7.72. The lowest BCUT2D eigenvalue weighted by Gasteiger charge is -2.13. The van der Waals surface area contributed by atoms with E-state index in [9.17, 15) is 9.59 Å². The van der Waals surface area contributed by atoms with Crippen molar-refractivity contribution < 1.29 is 9.53 Å². The molecule has 0 bridgehead atoms. The molecule has 0 saturated heterocycles. The van der Waals surface area contributed by atoms with Gasteiger partial charge >= 0.3 is 5.97 Å². The van der Waals surface area contributed by atoms with E-state index in [1.165, 1.54) is 24.6 Å². The Labute approximate surface area is 128 Å². The Bertz CT molecular complexity index is 802. The Morgan fingerprint density at radius 3 is 2.91 bits per heavy atom. The van der Waals surface area contributed by atoms with E-state index in [1.54, 1.807) is 6.92 Å². The van der Waals surface area contributed by atoms with E-state index in [0.717, 1.165) is 23.9 Å². The van der Waals surface area contributed by atoms with Gasteiger partial charge in [-0.25, -0.2) is 4.79 Å². The molecule has 1 heterocycles. The molecule has 0 aliphatic heterocycles. The number of rotatable bonds is 3.